The van der Waals surface area contributed by atoms with E-state index in [1.54, 1.807) is 4.90 Å². The third-order valence-electron chi connectivity index (χ3n) is 3.81. The number of carbonyl (C=O) groups excluding carboxylic acids is 1. The van der Waals surface area contributed by atoms with Crippen molar-refractivity contribution < 1.29 is 14.3 Å². The largest absolute Gasteiger partial charge is 0.454 e. The maximum atomic E-state index is 12.7. The average Bonchev–Trinajstić information content (AvgIpc) is 3.10. The standard InChI is InChI=1S/C18H23NO3.C2H6/c1-5-8-14(6-2)11-19(4)18(20)13(3)15-9-7-10-16-17(15)22-12-21-16;1-2/h5-10,13H,11-12H2,1-4H3;1-2H3/b8-5-,14-6+;. The van der Waals surface area contributed by atoms with Crippen molar-refractivity contribution in [3.8, 4) is 11.5 Å². The predicted octanol–water partition coefficient (Wildman–Crippen LogP) is 4.53. The van der Waals surface area contributed by atoms with Gasteiger partial charge in [0.1, 0.15) is 0 Å². The van der Waals surface area contributed by atoms with Crippen LogP contribution in [0.1, 0.15) is 46.1 Å². The van der Waals surface area contributed by atoms with E-state index in [1.165, 1.54) is 0 Å². The Kier molecular flexibility index (Phi) is 8.10. The smallest absolute Gasteiger partial charge is 0.231 e. The summed E-state index contributed by atoms with van der Waals surface area (Å²) in [4.78, 5) is 14.4. The lowest BCUT2D eigenvalue weighted by molar-refractivity contribution is -0.130. The number of fused-ring (bicyclic) bond motifs is 1. The van der Waals surface area contributed by atoms with Crippen LogP contribution in [-0.4, -0.2) is 31.2 Å². The van der Waals surface area contributed by atoms with Crippen molar-refractivity contribution in [2.24, 2.45) is 0 Å². The number of benzene rings is 1. The van der Waals surface area contributed by atoms with Crippen LogP contribution in [0.25, 0.3) is 0 Å². The Bertz CT molecular complexity index is 605. The maximum absolute atomic E-state index is 12.7. The first-order chi connectivity index (χ1) is 11.6. The van der Waals surface area contributed by atoms with Gasteiger partial charge in [-0.05, 0) is 32.4 Å². The molecule has 132 valence electrons. The molecule has 0 N–H and O–H groups in total. The first-order valence-electron chi connectivity index (χ1n) is 8.49. The molecule has 0 aromatic heterocycles. The zero-order valence-corrected chi connectivity index (χ0v) is 15.6. The van der Waals surface area contributed by atoms with Crippen LogP contribution in [0.4, 0.5) is 0 Å². The van der Waals surface area contributed by atoms with Crippen LogP contribution >= 0.6 is 0 Å². The molecule has 0 spiro atoms. The zero-order valence-electron chi connectivity index (χ0n) is 15.6. The highest BCUT2D eigenvalue weighted by Crippen LogP contribution is 2.39. The van der Waals surface area contributed by atoms with Crippen LogP contribution in [0.5, 0.6) is 11.5 Å². The molecule has 1 amide bonds. The van der Waals surface area contributed by atoms with Crippen LogP contribution in [0, 0.1) is 0 Å². The number of nitrogens with zero attached hydrogens (tertiary/aromatic N) is 1. The molecule has 4 nitrogen and oxygen atoms in total. The highest BCUT2D eigenvalue weighted by atomic mass is 16.7. The van der Waals surface area contributed by atoms with Gasteiger partial charge in [0.2, 0.25) is 12.7 Å². The lowest BCUT2D eigenvalue weighted by Gasteiger charge is -2.22. The van der Waals surface area contributed by atoms with Crippen molar-refractivity contribution in [1.82, 2.24) is 4.90 Å². The summed E-state index contributed by atoms with van der Waals surface area (Å²) in [6.07, 6.45) is 6.02. The monoisotopic (exact) mass is 331 g/mol. The number of likely N-dealkylation sites (N-methyl/N-ethyl adjacent to an activating group) is 1. The van der Waals surface area contributed by atoms with Crippen LogP contribution in [0.3, 0.4) is 0 Å². The fourth-order valence-electron chi connectivity index (χ4n) is 2.56. The first kappa shape index (κ1) is 19.8. The number of ether oxygens (including phenoxy) is 2. The molecule has 1 heterocycles. The molecule has 4 heteroatoms. The van der Waals surface area contributed by atoms with Gasteiger partial charge in [-0.3, -0.25) is 4.79 Å². The Morgan fingerprint density at radius 3 is 2.62 bits per heavy atom. The van der Waals surface area contributed by atoms with Gasteiger partial charge in [-0.1, -0.05) is 44.2 Å². The summed E-state index contributed by atoms with van der Waals surface area (Å²) in [5.41, 5.74) is 1.99. The summed E-state index contributed by atoms with van der Waals surface area (Å²) >= 11 is 0. The number of allylic oxidation sites excluding steroid dienone is 2. The topological polar surface area (TPSA) is 38.8 Å². The minimum absolute atomic E-state index is 0.0627. The molecular weight excluding hydrogens is 302 g/mol. The third kappa shape index (κ3) is 4.63. The van der Waals surface area contributed by atoms with Gasteiger partial charge < -0.3 is 14.4 Å². The number of carbonyl (C=O) groups is 1. The summed E-state index contributed by atoms with van der Waals surface area (Å²) < 4.78 is 10.9. The minimum Gasteiger partial charge on any atom is -0.454 e. The van der Waals surface area contributed by atoms with Crippen molar-refractivity contribution in [2.45, 2.75) is 40.5 Å². The van der Waals surface area contributed by atoms with Crippen molar-refractivity contribution in [3.05, 3.63) is 47.6 Å². The van der Waals surface area contributed by atoms with Gasteiger partial charge in [-0.2, -0.15) is 0 Å². The van der Waals surface area contributed by atoms with E-state index in [1.807, 2.05) is 78.1 Å². The predicted molar refractivity (Wildman–Crippen MR) is 98.5 cm³/mol. The molecule has 0 aliphatic carbocycles. The second-order valence-electron chi connectivity index (χ2n) is 5.36. The second kappa shape index (κ2) is 9.81. The minimum atomic E-state index is -0.273. The fourth-order valence-corrected chi connectivity index (χ4v) is 2.56. The van der Waals surface area contributed by atoms with E-state index in [0.717, 1.165) is 11.1 Å². The molecule has 1 unspecified atom stereocenters. The zero-order chi connectivity index (χ0) is 18.1. The summed E-state index contributed by atoms with van der Waals surface area (Å²) in [6.45, 7) is 10.7. The van der Waals surface area contributed by atoms with Crippen LogP contribution in [-0.2, 0) is 4.79 Å². The summed E-state index contributed by atoms with van der Waals surface area (Å²) in [6, 6.07) is 5.67. The van der Waals surface area contributed by atoms with E-state index in [-0.39, 0.29) is 18.6 Å². The van der Waals surface area contributed by atoms with E-state index in [4.69, 9.17) is 9.47 Å². The molecular formula is C20H29NO3. The average molecular weight is 331 g/mol. The normalized spacial score (nSPS) is 14.2. The van der Waals surface area contributed by atoms with Gasteiger partial charge in [0.25, 0.3) is 0 Å². The molecule has 24 heavy (non-hydrogen) atoms. The van der Waals surface area contributed by atoms with E-state index >= 15 is 0 Å². The number of para-hydroxylation sites is 1. The van der Waals surface area contributed by atoms with Crippen LogP contribution < -0.4 is 9.47 Å². The highest BCUT2D eigenvalue weighted by molar-refractivity contribution is 5.84. The Hall–Kier alpha value is -2.23. The lowest BCUT2D eigenvalue weighted by Crippen LogP contribution is -2.32. The Morgan fingerprint density at radius 1 is 1.29 bits per heavy atom. The fraction of sp³-hybridized carbons (Fsp3) is 0.450. The van der Waals surface area contributed by atoms with Gasteiger partial charge in [-0.25, -0.2) is 0 Å². The van der Waals surface area contributed by atoms with Crippen molar-refractivity contribution >= 4 is 5.91 Å². The molecule has 1 atom stereocenters. The SMILES string of the molecule is C/C=C\C(=C/C)CN(C)C(=O)C(C)c1cccc2c1OCO2.CC. The lowest BCUT2D eigenvalue weighted by atomic mass is 9.98. The molecule has 0 fully saturated rings. The Morgan fingerprint density at radius 2 is 2.00 bits per heavy atom. The number of hydrogen-bond acceptors (Lipinski definition) is 3. The van der Waals surface area contributed by atoms with E-state index < -0.39 is 0 Å². The Labute approximate surface area is 145 Å². The van der Waals surface area contributed by atoms with Crippen molar-refractivity contribution in [1.29, 1.82) is 0 Å². The first-order valence-corrected chi connectivity index (χ1v) is 8.49. The van der Waals surface area contributed by atoms with E-state index in [9.17, 15) is 4.79 Å². The molecule has 0 saturated heterocycles. The molecule has 1 aromatic rings. The van der Waals surface area contributed by atoms with Gasteiger partial charge >= 0.3 is 0 Å². The number of hydrogen-bond donors (Lipinski definition) is 0. The van der Waals surface area contributed by atoms with E-state index in [0.29, 0.717) is 18.0 Å². The van der Waals surface area contributed by atoms with Gasteiger partial charge in [0, 0.05) is 19.2 Å². The van der Waals surface area contributed by atoms with E-state index in [2.05, 4.69) is 0 Å². The summed E-state index contributed by atoms with van der Waals surface area (Å²) in [5.74, 6) is 1.19. The van der Waals surface area contributed by atoms with Crippen LogP contribution in [0.2, 0.25) is 0 Å². The van der Waals surface area contributed by atoms with Gasteiger partial charge in [0.05, 0.1) is 5.92 Å². The van der Waals surface area contributed by atoms with Crippen molar-refractivity contribution in [3.63, 3.8) is 0 Å². The second-order valence-corrected chi connectivity index (χ2v) is 5.36. The molecule has 1 aromatic carbocycles. The maximum Gasteiger partial charge on any atom is 0.231 e. The van der Waals surface area contributed by atoms with Crippen LogP contribution in [0.15, 0.2) is 42.0 Å². The third-order valence-corrected chi connectivity index (χ3v) is 3.81. The van der Waals surface area contributed by atoms with Gasteiger partial charge in [0.15, 0.2) is 11.5 Å². The molecule has 1 aliphatic rings. The highest BCUT2D eigenvalue weighted by Gasteiger charge is 2.26. The molecule has 0 bridgehead atoms. The number of rotatable bonds is 5. The summed E-state index contributed by atoms with van der Waals surface area (Å²) in [7, 11) is 1.83. The molecule has 1 aliphatic heterocycles. The Balaban J connectivity index is 0.00000139. The quantitative estimate of drug-likeness (QED) is 0.744. The van der Waals surface area contributed by atoms with Crippen molar-refractivity contribution in [2.75, 3.05) is 20.4 Å². The van der Waals surface area contributed by atoms with Gasteiger partial charge in [-0.15, -0.1) is 0 Å². The molecule has 0 radical (unpaired) electrons. The molecule has 0 saturated carbocycles. The summed E-state index contributed by atoms with van der Waals surface area (Å²) in [5, 5.41) is 0. The number of amides is 1. The molecule has 2 rings (SSSR count).